The van der Waals surface area contributed by atoms with Gasteiger partial charge < -0.3 is 14.6 Å². The van der Waals surface area contributed by atoms with Gasteiger partial charge in [0.05, 0.1) is 12.0 Å². The molecule has 0 radical (unpaired) electrons. The number of carbonyl (C=O) groups is 1. The number of ether oxygens (including phenoxy) is 2. The van der Waals surface area contributed by atoms with E-state index in [1.807, 2.05) is 63.2 Å². The molecule has 2 heterocycles. The molecule has 9 heteroatoms. The smallest absolute Gasteiger partial charge is 0.318 e. The fourth-order valence-corrected chi connectivity index (χ4v) is 6.50. The Morgan fingerprint density at radius 1 is 1.10 bits per heavy atom. The monoisotopic (exact) mass is 560 g/mol. The number of aliphatic carboxylic acids is 1. The maximum Gasteiger partial charge on any atom is 0.318 e. The van der Waals surface area contributed by atoms with E-state index in [-0.39, 0.29) is 17.0 Å². The maximum absolute atomic E-state index is 13.7. The summed E-state index contributed by atoms with van der Waals surface area (Å²) >= 11 is 0. The fourth-order valence-electron chi connectivity index (χ4n) is 5.07. The molecule has 0 fully saturated rings. The van der Waals surface area contributed by atoms with Crippen LogP contribution in [0.2, 0.25) is 0 Å². The van der Waals surface area contributed by atoms with E-state index in [1.54, 1.807) is 25.3 Å². The van der Waals surface area contributed by atoms with Gasteiger partial charge in [0.2, 0.25) is 10.0 Å². The van der Waals surface area contributed by atoms with Crippen LogP contribution in [0.25, 0.3) is 22.0 Å². The highest BCUT2D eigenvalue weighted by molar-refractivity contribution is 7.89. The summed E-state index contributed by atoms with van der Waals surface area (Å²) in [4.78, 5) is 16.5. The second-order valence-corrected chi connectivity index (χ2v) is 12.6. The number of hydrogen-bond acceptors (Lipinski definition) is 6. The minimum absolute atomic E-state index is 0.0505. The zero-order valence-corrected chi connectivity index (χ0v) is 23.8. The minimum Gasteiger partial charge on any atom is -0.494 e. The topological polar surface area (TPSA) is 106 Å². The first-order valence-corrected chi connectivity index (χ1v) is 14.5. The van der Waals surface area contributed by atoms with Crippen LogP contribution in [-0.2, 0) is 27.8 Å². The summed E-state index contributed by atoms with van der Waals surface area (Å²) < 4.78 is 39.9. The summed E-state index contributed by atoms with van der Waals surface area (Å²) in [5, 5.41) is 10.5. The molecule has 1 N–H and O–H groups in total. The van der Waals surface area contributed by atoms with Crippen molar-refractivity contribution in [1.29, 1.82) is 0 Å². The van der Waals surface area contributed by atoms with Crippen molar-refractivity contribution in [2.45, 2.75) is 50.7 Å². The molecule has 8 nitrogen and oxygen atoms in total. The molecule has 0 spiro atoms. The van der Waals surface area contributed by atoms with Gasteiger partial charge in [0, 0.05) is 17.6 Å². The van der Waals surface area contributed by atoms with E-state index in [9.17, 15) is 18.3 Å². The van der Waals surface area contributed by atoms with Crippen molar-refractivity contribution in [2.24, 2.45) is 0 Å². The van der Waals surface area contributed by atoms with E-state index in [0.717, 1.165) is 44.0 Å². The molecule has 40 heavy (non-hydrogen) atoms. The van der Waals surface area contributed by atoms with Gasteiger partial charge in [-0.05, 0) is 98.3 Å². The third-order valence-corrected chi connectivity index (χ3v) is 8.93. The summed E-state index contributed by atoms with van der Waals surface area (Å²) in [7, 11) is -2.51. The van der Waals surface area contributed by atoms with Crippen LogP contribution in [0.4, 0.5) is 0 Å². The lowest BCUT2D eigenvalue weighted by atomic mass is 9.94. The first kappa shape index (κ1) is 27.6. The van der Waals surface area contributed by atoms with E-state index in [4.69, 9.17) is 9.47 Å². The number of sulfonamides is 1. The SMILES string of the molecule is COc1ccc(-c2cccc(CN(CC(=O)O)S(=O)(=O)c3ccc4c(c3)CCC(C)(C)O4)c2)c2ccc(C)nc12. The molecule has 0 bridgehead atoms. The van der Waals surface area contributed by atoms with E-state index >= 15 is 0 Å². The fraction of sp³-hybridized carbons (Fsp3) is 0.290. The summed E-state index contributed by atoms with van der Waals surface area (Å²) in [6, 6.07) is 19.9. The lowest BCUT2D eigenvalue weighted by molar-refractivity contribution is -0.137. The van der Waals surface area contributed by atoms with Crippen LogP contribution in [0.1, 0.15) is 37.1 Å². The molecule has 0 saturated carbocycles. The van der Waals surface area contributed by atoms with Crippen LogP contribution in [0.15, 0.2) is 71.6 Å². The van der Waals surface area contributed by atoms with Crippen molar-refractivity contribution in [3.63, 3.8) is 0 Å². The lowest BCUT2D eigenvalue weighted by Crippen LogP contribution is -2.36. The van der Waals surface area contributed by atoms with Gasteiger partial charge in [-0.3, -0.25) is 4.79 Å². The van der Waals surface area contributed by atoms with Crippen molar-refractivity contribution < 1.29 is 27.8 Å². The molecule has 0 amide bonds. The molecule has 1 aliphatic rings. The average molecular weight is 561 g/mol. The number of fused-ring (bicyclic) bond motifs is 2. The largest absolute Gasteiger partial charge is 0.494 e. The molecule has 1 aromatic heterocycles. The summed E-state index contributed by atoms with van der Waals surface area (Å²) in [6.45, 7) is 5.14. The Morgan fingerprint density at radius 2 is 1.90 bits per heavy atom. The molecule has 0 saturated heterocycles. The number of aromatic nitrogens is 1. The summed E-state index contributed by atoms with van der Waals surface area (Å²) in [5.41, 5.74) is 4.51. The van der Waals surface area contributed by atoms with Crippen LogP contribution in [0.5, 0.6) is 11.5 Å². The molecule has 5 rings (SSSR count). The second kappa shape index (κ2) is 10.6. The molecule has 0 aliphatic carbocycles. The standard InChI is InChI=1S/C31H32N2O6S/c1-20-8-10-26-25(11-13-28(38-4)30(26)32-20)22-7-5-6-21(16-22)18-33(19-29(34)35)40(36,37)24-9-12-27-23(17-24)14-15-31(2,3)39-27/h5-13,16-17H,14-15,18-19H2,1-4H3,(H,34,35). The number of rotatable bonds is 8. The number of methoxy groups -OCH3 is 1. The Hall–Kier alpha value is -3.95. The van der Waals surface area contributed by atoms with Crippen LogP contribution in [0.3, 0.4) is 0 Å². The van der Waals surface area contributed by atoms with Crippen LogP contribution in [-0.4, -0.2) is 48.0 Å². The number of pyridine rings is 1. The molecule has 4 aromatic rings. The van der Waals surface area contributed by atoms with Gasteiger partial charge in [0.15, 0.2) is 0 Å². The summed E-state index contributed by atoms with van der Waals surface area (Å²) in [5.74, 6) is 0.0887. The van der Waals surface area contributed by atoms with E-state index in [0.29, 0.717) is 23.5 Å². The van der Waals surface area contributed by atoms with E-state index < -0.39 is 22.5 Å². The number of benzene rings is 3. The predicted molar refractivity (Wildman–Crippen MR) is 153 cm³/mol. The Morgan fingerprint density at radius 3 is 2.65 bits per heavy atom. The van der Waals surface area contributed by atoms with Crippen molar-refractivity contribution in [1.82, 2.24) is 9.29 Å². The zero-order chi connectivity index (χ0) is 28.7. The quantitative estimate of drug-likeness (QED) is 0.299. The van der Waals surface area contributed by atoms with Crippen molar-refractivity contribution in [3.8, 4) is 22.6 Å². The van der Waals surface area contributed by atoms with E-state index in [1.165, 1.54) is 6.07 Å². The number of carboxylic acid groups (broad SMARTS) is 1. The molecular weight excluding hydrogens is 528 g/mol. The van der Waals surface area contributed by atoms with Gasteiger partial charge in [-0.25, -0.2) is 13.4 Å². The predicted octanol–water partition coefficient (Wildman–Crippen LogP) is 5.60. The molecule has 0 atom stereocenters. The van der Waals surface area contributed by atoms with Gasteiger partial charge in [-0.2, -0.15) is 4.31 Å². The molecule has 208 valence electrons. The first-order chi connectivity index (χ1) is 19.0. The third kappa shape index (κ3) is 5.52. The number of nitrogens with zero attached hydrogens (tertiary/aromatic N) is 2. The van der Waals surface area contributed by atoms with Gasteiger partial charge in [-0.15, -0.1) is 0 Å². The van der Waals surface area contributed by atoms with E-state index in [2.05, 4.69) is 4.98 Å². The highest BCUT2D eigenvalue weighted by Crippen LogP contribution is 2.36. The van der Waals surface area contributed by atoms with Gasteiger partial charge in [-0.1, -0.05) is 24.3 Å². The normalized spacial score (nSPS) is 14.5. The van der Waals surface area contributed by atoms with Crippen LogP contribution >= 0.6 is 0 Å². The molecular formula is C31H32N2O6S. The van der Waals surface area contributed by atoms with Gasteiger partial charge in [0.1, 0.15) is 29.2 Å². The van der Waals surface area contributed by atoms with Gasteiger partial charge >= 0.3 is 5.97 Å². The molecule has 1 aliphatic heterocycles. The van der Waals surface area contributed by atoms with Crippen molar-refractivity contribution >= 4 is 26.9 Å². The number of hydrogen-bond donors (Lipinski definition) is 1. The third-order valence-electron chi connectivity index (χ3n) is 7.14. The highest BCUT2D eigenvalue weighted by atomic mass is 32.2. The highest BCUT2D eigenvalue weighted by Gasteiger charge is 2.31. The lowest BCUT2D eigenvalue weighted by Gasteiger charge is -2.33. The maximum atomic E-state index is 13.7. The summed E-state index contributed by atoms with van der Waals surface area (Å²) in [6.07, 6.45) is 1.43. The minimum atomic E-state index is -4.11. The van der Waals surface area contributed by atoms with Crippen LogP contribution < -0.4 is 9.47 Å². The molecule has 0 unspecified atom stereocenters. The van der Waals surface area contributed by atoms with Crippen molar-refractivity contribution in [2.75, 3.05) is 13.7 Å². The Bertz CT molecular complexity index is 1710. The Labute approximate surface area is 234 Å². The second-order valence-electron chi connectivity index (χ2n) is 10.7. The number of carboxylic acids is 1. The van der Waals surface area contributed by atoms with Crippen molar-refractivity contribution in [3.05, 3.63) is 83.6 Å². The molecule has 3 aromatic carbocycles. The zero-order valence-electron chi connectivity index (χ0n) is 23.0. The first-order valence-electron chi connectivity index (χ1n) is 13.0. The average Bonchev–Trinajstić information content (AvgIpc) is 2.91. The Kier molecular flexibility index (Phi) is 7.29. The van der Waals surface area contributed by atoms with Crippen LogP contribution in [0, 0.1) is 6.92 Å². The van der Waals surface area contributed by atoms with Gasteiger partial charge in [0.25, 0.3) is 0 Å². The Balaban J connectivity index is 1.49. The number of aryl methyl sites for hydroxylation is 2.